The highest BCUT2D eigenvalue weighted by molar-refractivity contribution is 8.02. The monoisotopic (exact) mass is 505 g/mol. The van der Waals surface area contributed by atoms with E-state index in [-0.39, 0.29) is 35.5 Å². The van der Waals surface area contributed by atoms with Crippen LogP contribution >= 0.6 is 11.8 Å². The lowest BCUT2D eigenvalue weighted by atomic mass is 9.65. The average Bonchev–Trinajstić information content (AvgIpc) is 3.43. The highest BCUT2D eigenvalue weighted by Gasteiger charge is 2.76. The number of amides is 3. The van der Waals surface area contributed by atoms with Crippen molar-refractivity contribution in [3.05, 3.63) is 25.3 Å². The van der Waals surface area contributed by atoms with Gasteiger partial charge < -0.3 is 19.8 Å². The first-order valence-corrected chi connectivity index (χ1v) is 14.1. The second kappa shape index (κ2) is 12.0. The lowest BCUT2D eigenvalue weighted by molar-refractivity contribution is -0.145. The number of nitrogens with zero attached hydrogens (tertiary/aromatic N) is 3. The lowest BCUT2D eigenvalue weighted by Gasteiger charge is -2.41. The third-order valence-corrected chi connectivity index (χ3v) is 10.00. The van der Waals surface area contributed by atoms with Gasteiger partial charge in [0.05, 0.1) is 16.6 Å². The summed E-state index contributed by atoms with van der Waals surface area (Å²) in [6.07, 6.45) is 7.40. The normalized spacial score (nSPS) is 30.9. The number of unbranched alkanes of at least 4 members (excludes halogenated alkanes) is 1. The largest absolute Gasteiger partial charge is 0.396 e. The molecule has 0 aromatic rings. The van der Waals surface area contributed by atoms with Crippen LogP contribution in [0.3, 0.4) is 0 Å². The fourth-order valence-electron chi connectivity index (χ4n) is 6.46. The molecule has 35 heavy (non-hydrogen) atoms. The first kappa shape index (κ1) is 27.8. The van der Waals surface area contributed by atoms with Gasteiger partial charge in [-0.1, -0.05) is 39.3 Å². The molecule has 3 aliphatic rings. The molecular formula is C27H43N3O4S. The summed E-state index contributed by atoms with van der Waals surface area (Å²) in [6, 6.07) is -0.620. The minimum absolute atomic E-state index is 0.0144. The predicted molar refractivity (Wildman–Crippen MR) is 141 cm³/mol. The summed E-state index contributed by atoms with van der Waals surface area (Å²) in [5.74, 6) is -0.923. The third kappa shape index (κ3) is 4.80. The summed E-state index contributed by atoms with van der Waals surface area (Å²) in [6.45, 7) is 16.4. The number of carbonyl (C=O) groups is 3. The van der Waals surface area contributed by atoms with Gasteiger partial charge in [0.1, 0.15) is 6.04 Å². The van der Waals surface area contributed by atoms with Crippen molar-refractivity contribution in [2.24, 2.45) is 17.8 Å². The smallest absolute Gasteiger partial charge is 0.247 e. The quantitative estimate of drug-likeness (QED) is 0.367. The van der Waals surface area contributed by atoms with Gasteiger partial charge in [-0.25, -0.2) is 0 Å². The Morgan fingerprint density at radius 1 is 1.11 bits per heavy atom. The molecule has 0 saturated carbocycles. The van der Waals surface area contributed by atoms with Crippen molar-refractivity contribution in [1.82, 2.24) is 14.7 Å². The molecular weight excluding hydrogens is 462 g/mol. The molecule has 0 aliphatic carbocycles. The fourth-order valence-corrected chi connectivity index (χ4v) is 8.87. The molecule has 3 aliphatic heterocycles. The molecule has 7 nitrogen and oxygen atoms in total. The van der Waals surface area contributed by atoms with Crippen LogP contribution in [0, 0.1) is 17.8 Å². The fraction of sp³-hybridized carbons (Fsp3) is 0.741. The van der Waals surface area contributed by atoms with E-state index in [9.17, 15) is 19.5 Å². The van der Waals surface area contributed by atoms with Gasteiger partial charge in [0, 0.05) is 44.6 Å². The minimum atomic E-state index is -0.620. The Labute approximate surface area is 215 Å². The second-order valence-electron chi connectivity index (χ2n) is 10.2. The Kier molecular flexibility index (Phi) is 9.49. The van der Waals surface area contributed by atoms with Crippen LogP contribution in [-0.4, -0.2) is 92.9 Å². The standard InChI is InChI=1S/C27H43N3O4S/c1-6-10-15-29(14-9-4)26(34)23-27-19(5)18-20(35-27)21(24(32)28(12-7-2)13-8-3)22(27)25(33)30(23)16-11-17-31/h7,9,19-23,31H,2,4,6,8,10-18H2,1,3,5H3/t19?,20-,21+,22+,23?,27?/m1/s1. The summed E-state index contributed by atoms with van der Waals surface area (Å²) >= 11 is 1.71. The number of carbonyl (C=O) groups excluding carboxylic acids is 3. The second-order valence-corrected chi connectivity index (χ2v) is 11.7. The number of hydrogen-bond donors (Lipinski definition) is 1. The van der Waals surface area contributed by atoms with E-state index in [1.54, 1.807) is 28.8 Å². The van der Waals surface area contributed by atoms with E-state index >= 15 is 0 Å². The Morgan fingerprint density at radius 2 is 1.77 bits per heavy atom. The van der Waals surface area contributed by atoms with Gasteiger partial charge in [0.15, 0.2) is 0 Å². The third-order valence-electron chi connectivity index (χ3n) is 7.92. The molecule has 0 aromatic carbocycles. The van der Waals surface area contributed by atoms with E-state index in [0.717, 1.165) is 25.7 Å². The first-order chi connectivity index (χ1) is 16.8. The summed E-state index contributed by atoms with van der Waals surface area (Å²) in [4.78, 5) is 47.4. The number of rotatable bonds is 14. The molecule has 3 unspecified atom stereocenters. The summed E-state index contributed by atoms with van der Waals surface area (Å²) in [5.41, 5.74) is 0. The molecule has 2 bridgehead atoms. The maximum atomic E-state index is 14.1. The van der Waals surface area contributed by atoms with Crippen LogP contribution in [0.25, 0.3) is 0 Å². The van der Waals surface area contributed by atoms with Gasteiger partial charge in [-0.2, -0.15) is 0 Å². The van der Waals surface area contributed by atoms with Crippen LogP contribution in [0.15, 0.2) is 25.3 Å². The van der Waals surface area contributed by atoms with Crippen molar-refractivity contribution in [1.29, 1.82) is 0 Å². The van der Waals surface area contributed by atoms with Crippen LogP contribution < -0.4 is 0 Å². The highest BCUT2D eigenvalue weighted by atomic mass is 32.2. The van der Waals surface area contributed by atoms with Crippen LogP contribution in [0.5, 0.6) is 0 Å². The van der Waals surface area contributed by atoms with Gasteiger partial charge in [0.25, 0.3) is 0 Å². The molecule has 3 fully saturated rings. The molecule has 3 amide bonds. The van der Waals surface area contributed by atoms with Crippen LogP contribution in [0.4, 0.5) is 0 Å². The summed E-state index contributed by atoms with van der Waals surface area (Å²) in [7, 11) is 0. The molecule has 0 aromatic heterocycles. The van der Waals surface area contributed by atoms with Crippen LogP contribution in [0.1, 0.15) is 52.9 Å². The molecule has 3 rings (SSSR count). The summed E-state index contributed by atoms with van der Waals surface area (Å²) < 4.78 is -0.619. The zero-order chi connectivity index (χ0) is 25.8. The van der Waals surface area contributed by atoms with Crippen molar-refractivity contribution in [3.63, 3.8) is 0 Å². The minimum Gasteiger partial charge on any atom is -0.396 e. The maximum absolute atomic E-state index is 14.1. The van der Waals surface area contributed by atoms with Crippen molar-refractivity contribution in [2.75, 3.05) is 39.3 Å². The number of thioether (sulfide) groups is 1. The van der Waals surface area contributed by atoms with Crippen LogP contribution in [-0.2, 0) is 14.4 Å². The first-order valence-electron chi connectivity index (χ1n) is 13.2. The van der Waals surface area contributed by atoms with Gasteiger partial charge in [0.2, 0.25) is 17.7 Å². The van der Waals surface area contributed by atoms with Gasteiger partial charge in [-0.3, -0.25) is 14.4 Å². The van der Waals surface area contributed by atoms with Gasteiger partial charge in [-0.15, -0.1) is 24.9 Å². The number of hydrogen-bond acceptors (Lipinski definition) is 5. The van der Waals surface area contributed by atoms with Gasteiger partial charge in [-0.05, 0) is 31.6 Å². The molecule has 0 radical (unpaired) electrons. The molecule has 8 heteroatoms. The number of aliphatic hydroxyl groups is 1. The van der Waals surface area contributed by atoms with Crippen molar-refractivity contribution in [2.45, 2.75) is 68.9 Å². The van der Waals surface area contributed by atoms with E-state index in [0.29, 0.717) is 39.1 Å². The maximum Gasteiger partial charge on any atom is 0.247 e. The molecule has 6 atom stereocenters. The molecule has 1 N–H and O–H groups in total. The van der Waals surface area contributed by atoms with Gasteiger partial charge >= 0.3 is 0 Å². The molecule has 3 heterocycles. The van der Waals surface area contributed by atoms with E-state index in [4.69, 9.17) is 0 Å². The van der Waals surface area contributed by atoms with Crippen molar-refractivity contribution >= 4 is 29.5 Å². The average molecular weight is 506 g/mol. The Hall–Kier alpha value is -1.80. The number of aliphatic hydroxyl groups excluding tert-OH is 1. The van der Waals surface area contributed by atoms with Crippen molar-refractivity contribution in [3.8, 4) is 0 Å². The molecule has 1 spiro atoms. The predicted octanol–water partition coefficient (Wildman–Crippen LogP) is 2.95. The van der Waals surface area contributed by atoms with Crippen molar-refractivity contribution < 1.29 is 19.5 Å². The van der Waals surface area contributed by atoms with E-state index in [1.165, 1.54) is 0 Å². The number of likely N-dealkylation sites (tertiary alicyclic amines) is 1. The zero-order valence-electron chi connectivity index (χ0n) is 21.7. The Balaban J connectivity index is 2.04. The SMILES string of the molecule is C=CCN(CCCC)C(=O)C1N(CCCO)C(=O)[C@@H]2[C@@H](C(=O)N(CC=C)CCC)[C@H]3CC(C)C12S3. The van der Waals surface area contributed by atoms with E-state index in [2.05, 4.69) is 27.0 Å². The van der Waals surface area contributed by atoms with E-state index < -0.39 is 22.6 Å². The summed E-state index contributed by atoms with van der Waals surface area (Å²) in [5, 5.41) is 9.58. The molecule has 196 valence electrons. The highest BCUT2D eigenvalue weighted by Crippen LogP contribution is 2.68. The zero-order valence-corrected chi connectivity index (χ0v) is 22.5. The topological polar surface area (TPSA) is 81.2 Å². The Bertz CT molecular complexity index is 820. The number of fused-ring (bicyclic) bond motifs is 1. The lowest BCUT2D eigenvalue weighted by Crippen LogP contribution is -2.57. The van der Waals surface area contributed by atoms with E-state index in [1.807, 2.05) is 16.7 Å². The molecule has 3 saturated heterocycles. The Morgan fingerprint density at radius 3 is 2.34 bits per heavy atom. The van der Waals surface area contributed by atoms with Crippen LogP contribution in [0.2, 0.25) is 0 Å².